The molecule has 0 aromatic heterocycles. The standard InChI is InChI=1S/C12H15BrClFN2/c1-17-6-7(5-16)2-11(17)8-3-9(13)12(15)10(14)4-8/h3-4,7,11H,2,5-6,16H2,1H3. The number of benzene rings is 1. The molecule has 2 atom stereocenters. The van der Waals surface area contributed by atoms with Crippen LogP contribution in [-0.2, 0) is 0 Å². The molecule has 1 aliphatic heterocycles. The molecule has 1 fully saturated rings. The van der Waals surface area contributed by atoms with E-state index in [0.717, 1.165) is 18.5 Å². The Balaban J connectivity index is 2.29. The highest BCUT2D eigenvalue weighted by Gasteiger charge is 2.30. The average molecular weight is 322 g/mol. The van der Waals surface area contributed by atoms with Crippen LogP contribution < -0.4 is 5.73 Å². The molecule has 1 aromatic rings. The summed E-state index contributed by atoms with van der Waals surface area (Å²) in [4.78, 5) is 2.24. The predicted molar refractivity (Wildman–Crippen MR) is 71.6 cm³/mol. The third kappa shape index (κ3) is 2.65. The Labute approximate surface area is 114 Å². The third-order valence-electron chi connectivity index (χ3n) is 3.36. The number of nitrogens with zero attached hydrogens (tertiary/aromatic N) is 1. The van der Waals surface area contributed by atoms with Crippen molar-refractivity contribution in [3.05, 3.63) is 33.0 Å². The van der Waals surface area contributed by atoms with Gasteiger partial charge in [-0.3, -0.25) is 4.90 Å². The van der Waals surface area contributed by atoms with Crippen LogP contribution in [0.1, 0.15) is 18.0 Å². The van der Waals surface area contributed by atoms with Gasteiger partial charge in [0.1, 0.15) is 0 Å². The monoisotopic (exact) mass is 320 g/mol. The summed E-state index contributed by atoms with van der Waals surface area (Å²) >= 11 is 9.06. The van der Waals surface area contributed by atoms with Crippen LogP contribution in [0.25, 0.3) is 0 Å². The van der Waals surface area contributed by atoms with Crippen molar-refractivity contribution in [2.75, 3.05) is 20.1 Å². The molecule has 1 heterocycles. The molecular formula is C12H15BrClFN2. The molecule has 1 aliphatic rings. The summed E-state index contributed by atoms with van der Waals surface area (Å²) in [5.41, 5.74) is 6.74. The van der Waals surface area contributed by atoms with E-state index >= 15 is 0 Å². The summed E-state index contributed by atoms with van der Waals surface area (Å²) in [6.45, 7) is 1.67. The van der Waals surface area contributed by atoms with Crippen molar-refractivity contribution in [2.45, 2.75) is 12.5 Å². The zero-order valence-corrected chi connectivity index (χ0v) is 11.9. The summed E-state index contributed by atoms with van der Waals surface area (Å²) in [7, 11) is 2.06. The molecular weight excluding hydrogens is 307 g/mol. The molecule has 1 aromatic carbocycles. The molecule has 2 nitrogen and oxygen atoms in total. The number of nitrogens with two attached hydrogens (primary N) is 1. The smallest absolute Gasteiger partial charge is 0.155 e. The molecule has 94 valence electrons. The van der Waals surface area contributed by atoms with E-state index in [1.165, 1.54) is 0 Å². The van der Waals surface area contributed by atoms with Gasteiger partial charge in [-0.2, -0.15) is 0 Å². The molecule has 5 heteroatoms. The predicted octanol–water partition coefficient (Wildman–Crippen LogP) is 3.19. The van der Waals surface area contributed by atoms with Crippen molar-refractivity contribution in [1.29, 1.82) is 0 Å². The van der Waals surface area contributed by atoms with Gasteiger partial charge in [0.2, 0.25) is 0 Å². The topological polar surface area (TPSA) is 29.3 Å². The maximum Gasteiger partial charge on any atom is 0.155 e. The molecule has 0 radical (unpaired) electrons. The van der Waals surface area contributed by atoms with E-state index in [1.54, 1.807) is 12.1 Å². The SMILES string of the molecule is CN1CC(CN)CC1c1cc(Cl)c(F)c(Br)c1. The lowest BCUT2D eigenvalue weighted by Gasteiger charge is -2.20. The Morgan fingerprint density at radius 3 is 2.82 bits per heavy atom. The van der Waals surface area contributed by atoms with Crippen LogP contribution in [0.5, 0.6) is 0 Å². The minimum atomic E-state index is -0.397. The Morgan fingerprint density at radius 1 is 1.59 bits per heavy atom. The lowest BCUT2D eigenvalue weighted by molar-refractivity contribution is 0.313. The molecule has 17 heavy (non-hydrogen) atoms. The Kier molecular flexibility index (Phi) is 4.08. The molecule has 0 saturated carbocycles. The van der Waals surface area contributed by atoms with Crippen molar-refractivity contribution in [3.8, 4) is 0 Å². The van der Waals surface area contributed by atoms with Crippen LogP contribution in [0.2, 0.25) is 5.02 Å². The molecule has 1 saturated heterocycles. The van der Waals surface area contributed by atoms with Crippen LogP contribution in [0.15, 0.2) is 16.6 Å². The summed E-state index contributed by atoms with van der Waals surface area (Å²) in [6.07, 6.45) is 1.00. The van der Waals surface area contributed by atoms with Gasteiger partial charge in [0.25, 0.3) is 0 Å². The largest absolute Gasteiger partial charge is 0.330 e. The lowest BCUT2D eigenvalue weighted by Crippen LogP contribution is -2.20. The molecule has 2 rings (SSSR count). The van der Waals surface area contributed by atoms with E-state index in [1.807, 2.05) is 0 Å². The summed E-state index contributed by atoms with van der Waals surface area (Å²) in [5, 5.41) is 0.166. The molecule has 0 amide bonds. The first-order valence-electron chi connectivity index (χ1n) is 5.57. The van der Waals surface area contributed by atoms with E-state index in [4.69, 9.17) is 17.3 Å². The van der Waals surface area contributed by atoms with Gasteiger partial charge in [0, 0.05) is 12.6 Å². The van der Waals surface area contributed by atoms with Gasteiger partial charge in [0.15, 0.2) is 5.82 Å². The van der Waals surface area contributed by atoms with E-state index in [-0.39, 0.29) is 11.1 Å². The zero-order chi connectivity index (χ0) is 12.6. The molecule has 2 unspecified atom stereocenters. The first-order chi connectivity index (χ1) is 8.02. The van der Waals surface area contributed by atoms with Crippen molar-refractivity contribution in [2.24, 2.45) is 11.7 Å². The minimum Gasteiger partial charge on any atom is -0.330 e. The van der Waals surface area contributed by atoms with Gasteiger partial charge in [-0.1, -0.05) is 11.6 Å². The summed E-state index contributed by atoms with van der Waals surface area (Å²) in [6, 6.07) is 3.79. The summed E-state index contributed by atoms with van der Waals surface area (Å²) < 4.78 is 13.8. The second-order valence-electron chi connectivity index (χ2n) is 4.59. The molecule has 0 spiro atoms. The normalized spacial score (nSPS) is 25.5. The highest BCUT2D eigenvalue weighted by Crippen LogP contribution is 2.37. The highest BCUT2D eigenvalue weighted by atomic mass is 79.9. The van der Waals surface area contributed by atoms with Crippen molar-refractivity contribution < 1.29 is 4.39 Å². The maximum atomic E-state index is 13.4. The van der Waals surface area contributed by atoms with Crippen molar-refractivity contribution >= 4 is 27.5 Å². The Bertz CT molecular complexity index is 404. The first kappa shape index (κ1) is 13.3. The number of hydrogen-bond donors (Lipinski definition) is 1. The fourth-order valence-corrected chi connectivity index (χ4v) is 3.25. The third-order valence-corrected chi connectivity index (χ3v) is 4.21. The lowest BCUT2D eigenvalue weighted by atomic mass is 10.00. The van der Waals surface area contributed by atoms with Crippen molar-refractivity contribution in [1.82, 2.24) is 4.90 Å². The van der Waals surface area contributed by atoms with E-state index in [2.05, 4.69) is 27.9 Å². The molecule has 0 bridgehead atoms. The van der Waals surface area contributed by atoms with Gasteiger partial charge < -0.3 is 5.73 Å². The molecule has 2 N–H and O–H groups in total. The number of halogens is 3. The molecule has 0 aliphatic carbocycles. The Hall–Kier alpha value is -0.160. The van der Waals surface area contributed by atoms with Gasteiger partial charge in [-0.05, 0) is 59.6 Å². The van der Waals surface area contributed by atoms with Crippen LogP contribution in [-0.4, -0.2) is 25.0 Å². The number of hydrogen-bond acceptors (Lipinski definition) is 2. The first-order valence-corrected chi connectivity index (χ1v) is 6.74. The van der Waals surface area contributed by atoms with Crippen LogP contribution in [0.4, 0.5) is 4.39 Å². The van der Waals surface area contributed by atoms with Crippen LogP contribution in [0.3, 0.4) is 0 Å². The second kappa shape index (κ2) is 5.22. The van der Waals surface area contributed by atoms with Crippen molar-refractivity contribution in [3.63, 3.8) is 0 Å². The van der Waals surface area contributed by atoms with E-state index < -0.39 is 5.82 Å². The van der Waals surface area contributed by atoms with Gasteiger partial charge >= 0.3 is 0 Å². The maximum absolute atomic E-state index is 13.4. The van der Waals surface area contributed by atoms with Crippen LogP contribution in [0, 0.1) is 11.7 Å². The van der Waals surface area contributed by atoms with E-state index in [0.29, 0.717) is 16.9 Å². The second-order valence-corrected chi connectivity index (χ2v) is 5.85. The number of likely N-dealkylation sites (tertiary alicyclic amines) is 1. The quantitative estimate of drug-likeness (QED) is 0.848. The fraction of sp³-hybridized carbons (Fsp3) is 0.500. The zero-order valence-electron chi connectivity index (χ0n) is 9.59. The fourth-order valence-electron chi connectivity index (χ4n) is 2.43. The Morgan fingerprint density at radius 2 is 2.29 bits per heavy atom. The van der Waals surface area contributed by atoms with Crippen LogP contribution >= 0.6 is 27.5 Å². The number of rotatable bonds is 2. The highest BCUT2D eigenvalue weighted by molar-refractivity contribution is 9.10. The minimum absolute atomic E-state index is 0.166. The van der Waals surface area contributed by atoms with Gasteiger partial charge in [-0.15, -0.1) is 0 Å². The van der Waals surface area contributed by atoms with Gasteiger partial charge in [-0.25, -0.2) is 4.39 Å². The van der Waals surface area contributed by atoms with Gasteiger partial charge in [0.05, 0.1) is 9.50 Å². The van der Waals surface area contributed by atoms with E-state index in [9.17, 15) is 4.39 Å². The summed E-state index contributed by atoms with van der Waals surface area (Å²) in [5.74, 6) is 0.110. The average Bonchev–Trinajstić information content (AvgIpc) is 2.67.